The van der Waals surface area contributed by atoms with E-state index in [0.29, 0.717) is 27.9 Å². The Kier molecular flexibility index (Phi) is 5.77. The highest BCUT2D eigenvalue weighted by molar-refractivity contribution is 5.97. The van der Waals surface area contributed by atoms with Gasteiger partial charge in [-0.15, -0.1) is 0 Å². The Labute approximate surface area is 178 Å². The average Bonchev–Trinajstić information content (AvgIpc) is 2.83. The van der Waals surface area contributed by atoms with Crippen LogP contribution in [-0.4, -0.2) is 34.2 Å². The number of carbonyl (C=O) groups excluding carboxylic acids is 1. The lowest BCUT2D eigenvalue weighted by molar-refractivity contribution is 0.0916. The molecule has 3 aromatic carbocycles. The molecule has 0 spiro atoms. The molecule has 2 N–H and O–H groups in total. The Bertz CT molecular complexity index is 1290. The fraction of sp³-hybridized carbons (Fsp3) is 0.125. The summed E-state index contributed by atoms with van der Waals surface area (Å²) < 4.78 is 6.65. The number of nitrogens with one attached hydrogen (secondary N) is 1. The molecule has 31 heavy (non-hydrogen) atoms. The van der Waals surface area contributed by atoms with E-state index in [1.165, 1.54) is 10.9 Å². The van der Waals surface area contributed by atoms with Crippen LogP contribution >= 0.6 is 0 Å². The van der Waals surface area contributed by atoms with E-state index in [4.69, 9.17) is 4.74 Å². The van der Waals surface area contributed by atoms with E-state index in [9.17, 15) is 14.7 Å². The fourth-order valence-electron chi connectivity index (χ4n) is 3.29. The third-order valence-corrected chi connectivity index (χ3v) is 4.99. The van der Waals surface area contributed by atoms with Gasteiger partial charge in [-0.3, -0.25) is 14.2 Å². The minimum absolute atomic E-state index is 0.0751. The zero-order chi connectivity index (χ0) is 21.8. The molecule has 1 atom stereocenters. The predicted octanol–water partition coefficient (Wildman–Crippen LogP) is 2.86. The molecule has 0 aliphatic rings. The van der Waals surface area contributed by atoms with Crippen molar-refractivity contribution in [1.29, 1.82) is 0 Å². The minimum atomic E-state index is -0.807. The summed E-state index contributed by atoms with van der Waals surface area (Å²) in [5, 5.41) is 13.3. The maximum absolute atomic E-state index is 12.9. The molecule has 7 heteroatoms. The molecule has 7 nitrogen and oxygen atoms in total. The van der Waals surface area contributed by atoms with Gasteiger partial charge in [0, 0.05) is 18.2 Å². The van der Waals surface area contributed by atoms with Crippen molar-refractivity contribution >= 4 is 16.8 Å². The summed E-state index contributed by atoms with van der Waals surface area (Å²) in [6.45, 7) is 0.0751. The summed E-state index contributed by atoms with van der Waals surface area (Å²) in [6.07, 6.45) is 0.624. The van der Waals surface area contributed by atoms with E-state index < -0.39 is 6.10 Å². The van der Waals surface area contributed by atoms with Crippen molar-refractivity contribution in [2.45, 2.75) is 6.10 Å². The maximum Gasteiger partial charge on any atom is 0.265 e. The first-order chi connectivity index (χ1) is 15.1. The Morgan fingerprint density at radius 2 is 1.90 bits per heavy atom. The van der Waals surface area contributed by atoms with E-state index in [-0.39, 0.29) is 18.0 Å². The Morgan fingerprint density at radius 1 is 1.10 bits per heavy atom. The highest BCUT2D eigenvalue weighted by atomic mass is 16.5. The zero-order valence-electron chi connectivity index (χ0n) is 16.9. The molecule has 4 aromatic rings. The van der Waals surface area contributed by atoms with Gasteiger partial charge < -0.3 is 15.2 Å². The number of nitrogens with zero attached hydrogens (tertiary/aromatic N) is 2. The van der Waals surface area contributed by atoms with Gasteiger partial charge in [0.15, 0.2) is 0 Å². The second-order valence-corrected chi connectivity index (χ2v) is 6.99. The summed E-state index contributed by atoms with van der Waals surface area (Å²) in [7, 11) is 1.56. The normalized spacial score (nSPS) is 11.8. The van der Waals surface area contributed by atoms with Crippen molar-refractivity contribution in [2.24, 2.45) is 0 Å². The number of benzene rings is 3. The Balaban J connectivity index is 1.55. The van der Waals surface area contributed by atoms with Crippen molar-refractivity contribution in [3.8, 4) is 11.4 Å². The van der Waals surface area contributed by atoms with Crippen LogP contribution in [0.4, 0.5) is 0 Å². The molecule has 0 fully saturated rings. The van der Waals surface area contributed by atoms with Crippen LogP contribution in [0.3, 0.4) is 0 Å². The van der Waals surface area contributed by atoms with Gasteiger partial charge in [-0.25, -0.2) is 4.98 Å². The molecule has 0 aliphatic carbocycles. The summed E-state index contributed by atoms with van der Waals surface area (Å²) in [5.41, 5.74) is 1.89. The van der Waals surface area contributed by atoms with Crippen molar-refractivity contribution in [2.75, 3.05) is 13.7 Å². The van der Waals surface area contributed by atoms with Crippen LogP contribution in [-0.2, 0) is 0 Å². The largest absolute Gasteiger partial charge is 0.497 e. The van der Waals surface area contributed by atoms with Crippen LogP contribution in [0, 0.1) is 0 Å². The van der Waals surface area contributed by atoms with Gasteiger partial charge in [0.2, 0.25) is 0 Å². The summed E-state index contributed by atoms with van der Waals surface area (Å²) in [5.74, 6) is 0.282. The van der Waals surface area contributed by atoms with E-state index in [1.54, 1.807) is 61.7 Å². The molecule has 0 aliphatic heterocycles. The molecule has 156 valence electrons. The number of aromatic nitrogens is 2. The van der Waals surface area contributed by atoms with Gasteiger partial charge >= 0.3 is 0 Å². The summed E-state index contributed by atoms with van der Waals surface area (Å²) >= 11 is 0. The topological polar surface area (TPSA) is 93.5 Å². The quantitative estimate of drug-likeness (QED) is 0.505. The number of aliphatic hydroxyl groups excluding tert-OH is 1. The molecule has 0 bridgehead atoms. The highest BCUT2D eigenvalue weighted by Crippen LogP contribution is 2.17. The first-order valence-corrected chi connectivity index (χ1v) is 9.74. The number of hydrogen-bond donors (Lipinski definition) is 2. The fourth-order valence-corrected chi connectivity index (χ4v) is 3.29. The number of rotatable bonds is 6. The first-order valence-electron chi connectivity index (χ1n) is 9.74. The summed E-state index contributed by atoms with van der Waals surface area (Å²) in [4.78, 5) is 29.8. The lowest BCUT2D eigenvalue weighted by Gasteiger charge is -2.12. The Hall–Kier alpha value is -3.97. The maximum atomic E-state index is 12.9. The second kappa shape index (κ2) is 8.81. The summed E-state index contributed by atoms with van der Waals surface area (Å²) in [6, 6.07) is 21.0. The van der Waals surface area contributed by atoms with Crippen LogP contribution in [0.1, 0.15) is 22.0 Å². The number of amides is 1. The van der Waals surface area contributed by atoms with Crippen LogP contribution in [0.5, 0.6) is 5.75 Å². The number of aliphatic hydroxyl groups is 1. The predicted molar refractivity (Wildman–Crippen MR) is 118 cm³/mol. The molecule has 1 amide bonds. The van der Waals surface area contributed by atoms with Crippen LogP contribution < -0.4 is 15.6 Å². The lowest BCUT2D eigenvalue weighted by atomic mass is 10.1. The lowest BCUT2D eigenvalue weighted by Crippen LogP contribution is -2.28. The third-order valence-electron chi connectivity index (χ3n) is 4.99. The number of methoxy groups -OCH3 is 1. The monoisotopic (exact) mass is 415 g/mol. The molecule has 1 aromatic heterocycles. The molecule has 1 heterocycles. The van der Waals surface area contributed by atoms with Crippen molar-refractivity contribution < 1.29 is 14.6 Å². The first kappa shape index (κ1) is 20.3. The SMILES string of the molecule is COc1cccc(-n2cnc3cc(C(=O)NC[C@@H](O)c4ccccc4)ccc3c2=O)c1. The molecule has 0 unspecified atom stereocenters. The van der Waals surface area contributed by atoms with Gasteiger partial charge in [-0.05, 0) is 35.9 Å². The number of carbonyl (C=O) groups is 1. The van der Waals surface area contributed by atoms with Gasteiger partial charge in [-0.1, -0.05) is 36.4 Å². The van der Waals surface area contributed by atoms with Crippen molar-refractivity contribution in [1.82, 2.24) is 14.9 Å². The molecule has 0 saturated heterocycles. The van der Waals surface area contributed by atoms with Crippen molar-refractivity contribution in [3.63, 3.8) is 0 Å². The number of fused-ring (bicyclic) bond motifs is 1. The van der Waals surface area contributed by atoms with E-state index in [2.05, 4.69) is 10.3 Å². The van der Waals surface area contributed by atoms with Gasteiger partial charge in [-0.2, -0.15) is 0 Å². The average molecular weight is 415 g/mol. The van der Waals surface area contributed by atoms with Crippen molar-refractivity contribution in [3.05, 3.63) is 101 Å². The molecule has 0 saturated carbocycles. The molecule has 4 rings (SSSR count). The van der Waals surface area contributed by atoms with Gasteiger partial charge in [0.1, 0.15) is 12.1 Å². The van der Waals surface area contributed by atoms with Crippen LogP contribution in [0.15, 0.2) is 83.9 Å². The highest BCUT2D eigenvalue weighted by Gasteiger charge is 2.13. The van der Waals surface area contributed by atoms with Gasteiger partial charge in [0.05, 0.1) is 29.8 Å². The smallest absolute Gasteiger partial charge is 0.265 e. The zero-order valence-corrected chi connectivity index (χ0v) is 16.9. The number of ether oxygens (including phenoxy) is 1. The molecule has 0 radical (unpaired) electrons. The molecular formula is C24H21N3O4. The second-order valence-electron chi connectivity index (χ2n) is 6.99. The standard InChI is InChI=1S/C24H21N3O4/c1-31-19-9-5-8-18(13-19)27-15-26-21-12-17(10-11-20(21)24(27)30)23(29)25-14-22(28)16-6-3-2-4-7-16/h2-13,15,22,28H,14H2,1H3,(H,25,29)/t22-/m1/s1. The minimum Gasteiger partial charge on any atom is -0.497 e. The van der Waals surface area contributed by atoms with Crippen LogP contribution in [0.25, 0.3) is 16.6 Å². The van der Waals surface area contributed by atoms with E-state index in [0.717, 1.165) is 5.56 Å². The molecular weight excluding hydrogens is 394 g/mol. The van der Waals surface area contributed by atoms with E-state index in [1.807, 2.05) is 18.2 Å². The van der Waals surface area contributed by atoms with Crippen LogP contribution in [0.2, 0.25) is 0 Å². The Morgan fingerprint density at radius 3 is 2.68 bits per heavy atom. The van der Waals surface area contributed by atoms with Gasteiger partial charge in [0.25, 0.3) is 11.5 Å². The number of hydrogen-bond acceptors (Lipinski definition) is 5. The third kappa shape index (κ3) is 4.31. The van der Waals surface area contributed by atoms with E-state index >= 15 is 0 Å².